The van der Waals surface area contributed by atoms with Crippen LogP contribution in [0.5, 0.6) is 11.5 Å². The number of aromatic nitrogens is 1. The van der Waals surface area contributed by atoms with Gasteiger partial charge in [-0.25, -0.2) is 0 Å². The van der Waals surface area contributed by atoms with Crippen LogP contribution in [0.15, 0.2) is 84.9 Å². The van der Waals surface area contributed by atoms with Gasteiger partial charge in [0.25, 0.3) is 0 Å². The van der Waals surface area contributed by atoms with Crippen molar-refractivity contribution in [3.05, 3.63) is 107 Å². The Morgan fingerprint density at radius 3 is 2.45 bits per heavy atom. The summed E-state index contributed by atoms with van der Waals surface area (Å²) < 4.78 is 6.16. The molecule has 152 valence electrons. The minimum absolute atomic E-state index is 0.0791. The van der Waals surface area contributed by atoms with Crippen molar-refractivity contribution in [1.29, 1.82) is 5.41 Å². The van der Waals surface area contributed by atoms with Crippen LogP contribution in [-0.2, 0) is 6.42 Å². The van der Waals surface area contributed by atoms with Crippen molar-refractivity contribution in [2.45, 2.75) is 13.3 Å². The molecule has 1 aromatic heterocycles. The van der Waals surface area contributed by atoms with Crippen molar-refractivity contribution in [3.63, 3.8) is 0 Å². The van der Waals surface area contributed by atoms with E-state index >= 15 is 0 Å². The molecule has 4 heteroatoms. The summed E-state index contributed by atoms with van der Waals surface area (Å²) in [6.45, 7) is 2.09. The van der Waals surface area contributed by atoms with Gasteiger partial charge in [-0.15, -0.1) is 0 Å². The van der Waals surface area contributed by atoms with Crippen molar-refractivity contribution in [2.24, 2.45) is 5.73 Å². The molecular weight excluding hydrogens is 382 g/mol. The molecule has 0 bridgehead atoms. The van der Waals surface area contributed by atoms with Gasteiger partial charge in [-0.3, -0.25) is 5.41 Å². The van der Waals surface area contributed by atoms with Gasteiger partial charge in [0, 0.05) is 28.6 Å². The van der Waals surface area contributed by atoms with Crippen LogP contribution in [0.1, 0.15) is 22.4 Å². The number of nitrogens with two attached hydrogens (primary N) is 1. The summed E-state index contributed by atoms with van der Waals surface area (Å²) in [5, 5.41) is 11.3. The number of para-hydroxylation sites is 1. The third kappa shape index (κ3) is 3.64. The topological polar surface area (TPSA) is 74.9 Å². The monoisotopic (exact) mass is 405 g/mol. The average Bonchev–Trinajstić information content (AvgIpc) is 3.09. The van der Waals surface area contributed by atoms with E-state index in [0.717, 1.165) is 45.5 Å². The molecule has 4 aromatic carbocycles. The summed E-state index contributed by atoms with van der Waals surface area (Å²) in [6.07, 6.45) is 0.750. The Hall–Kier alpha value is -4.05. The number of hydrogen-bond acceptors (Lipinski definition) is 2. The van der Waals surface area contributed by atoms with Crippen LogP contribution in [0.25, 0.3) is 21.7 Å². The molecule has 0 aliphatic heterocycles. The number of nitrogen functional groups attached to an aromatic ring is 1. The number of aryl methyl sites for hydroxylation is 1. The fourth-order valence-electron chi connectivity index (χ4n) is 4.16. The Bertz CT molecular complexity index is 1420. The first-order valence-electron chi connectivity index (χ1n) is 10.3. The maximum Gasteiger partial charge on any atom is 0.128 e. The second-order valence-corrected chi connectivity index (χ2v) is 7.80. The van der Waals surface area contributed by atoms with Crippen LogP contribution in [0.2, 0.25) is 0 Å². The van der Waals surface area contributed by atoms with Gasteiger partial charge in [-0.05, 0) is 71.3 Å². The number of hydrogen-bond donors (Lipinski definition) is 3. The number of rotatable bonds is 5. The quantitative estimate of drug-likeness (QED) is 0.237. The highest BCUT2D eigenvalue weighted by Gasteiger charge is 2.14. The summed E-state index contributed by atoms with van der Waals surface area (Å²) in [7, 11) is 0. The lowest BCUT2D eigenvalue weighted by atomic mass is 9.96. The third-order valence-electron chi connectivity index (χ3n) is 5.70. The minimum Gasteiger partial charge on any atom is -0.457 e. The normalized spacial score (nSPS) is 11.1. The van der Waals surface area contributed by atoms with Crippen molar-refractivity contribution in [1.82, 2.24) is 4.98 Å². The Labute approximate surface area is 180 Å². The highest BCUT2D eigenvalue weighted by atomic mass is 16.5. The van der Waals surface area contributed by atoms with Gasteiger partial charge in [0.05, 0.1) is 0 Å². The maximum atomic E-state index is 7.80. The van der Waals surface area contributed by atoms with E-state index in [4.69, 9.17) is 15.9 Å². The Morgan fingerprint density at radius 1 is 0.871 bits per heavy atom. The number of nitrogens with one attached hydrogen (secondary N) is 2. The molecule has 5 aromatic rings. The van der Waals surface area contributed by atoms with Crippen molar-refractivity contribution >= 4 is 27.5 Å². The van der Waals surface area contributed by atoms with E-state index in [1.807, 2.05) is 48.5 Å². The lowest BCUT2D eigenvalue weighted by Gasteiger charge is -2.12. The second-order valence-electron chi connectivity index (χ2n) is 7.80. The van der Waals surface area contributed by atoms with Crippen LogP contribution in [-0.4, -0.2) is 10.8 Å². The summed E-state index contributed by atoms with van der Waals surface area (Å²) in [6, 6.07) is 28.3. The Kier molecular flexibility index (Phi) is 4.68. The van der Waals surface area contributed by atoms with E-state index in [0.29, 0.717) is 0 Å². The first-order chi connectivity index (χ1) is 15.1. The highest BCUT2D eigenvalue weighted by molar-refractivity contribution is 6.00. The van der Waals surface area contributed by atoms with Crippen LogP contribution in [0.3, 0.4) is 0 Å². The first-order valence-corrected chi connectivity index (χ1v) is 10.3. The molecule has 0 saturated carbocycles. The third-order valence-corrected chi connectivity index (χ3v) is 5.70. The molecule has 0 radical (unpaired) electrons. The molecule has 31 heavy (non-hydrogen) atoms. The maximum absolute atomic E-state index is 7.80. The van der Waals surface area contributed by atoms with Gasteiger partial charge in [0.1, 0.15) is 17.3 Å². The van der Waals surface area contributed by atoms with Crippen LogP contribution >= 0.6 is 0 Å². The van der Waals surface area contributed by atoms with Gasteiger partial charge in [0.15, 0.2) is 0 Å². The van der Waals surface area contributed by atoms with Crippen LogP contribution in [0.4, 0.5) is 0 Å². The molecule has 0 saturated heterocycles. The number of amidine groups is 1. The molecule has 1 heterocycles. The summed E-state index contributed by atoms with van der Waals surface area (Å²) in [4.78, 5) is 3.47. The van der Waals surface area contributed by atoms with Gasteiger partial charge < -0.3 is 15.5 Å². The summed E-state index contributed by atoms with van der Waals surface area (Å²) in [5.74, 6) is 1.72. The zero-order valence-corrected chi connectivity index (χ0v) is 17.3. The minimum atomic E-state index is 0.0791. The molecule has 0 fully saturated rings. The zero-order valence-electron chi connectivity index (χ0n) is 17.3. The van der Waals surface area contributed by atoms with Crippen LogP contribution < -0.4 is 10.5 Å². The van der Waals surface area contributed by atoms with Crippen LogP contribution in [0, 0.1) is 12.3 Å². The number of H-pyrrole nitrogens is 1. The molecule has 0 atom stereocenters. The largest absolute Gasteiger partial charge is 0.457 e. The molecule has 0 unspecified atom stereocenters. The molecular formula is C27H23N3O. The second kappa shape index (κ2) is 7.65. The Balaban J connectivity index is 1.62. The first kappa shape index (κ1) is 18.9. The highest BCUT2D eigenvalue weighted by Crippen LogP contribution is 2.33. The van der Waals surface area contributed by atoms with E-state index in [2.05, 4.69) is 48.3 Å². The summed E-state index contributed by atoms with van der Waals surface area (Å²) >= 11 is 0. The van der Waals surface area contributed by atoms with Gasteiger partial charge in [0.2, 0.25) is 0 Å². The van der Waals surface area contributed by atoms with Crippen molar-refractivity contribution < 1.29 is 4.74 Å². The zero-order chi connectivity index (χ0) is 21.4. The van der Waals surface area contributed by atoms with E-state index in [1.54, 1.807) is 0 Å². The SMILES string of the molecule is Cc1[nH]c2ccc(C(=N)N)cc2c1Cc1cc(Oc2ccccc2)cc2ccccc12. The van der Waals surface area contributed by atoms with E-state index < -0.39 is 0 Å². The average molecular weight is 406 g/mol. The molecule has 0 aliphatic carbocycles. The number of benzene rings is 4. The van der Waals surface area contributed by atoms with Crippen molar-refractivity contribution in [2.75, 3.05) is 0 Å². The lowest BCUT2D eigenvalue weighted by molar-refractivity contribution is 0.483. The number of ether oxygens (including phenoxy) is 1. The molecule has 5 rings (SSSR count). The van der Waals surface area contributed by atoms with Gasteiger partial charge >= 0.3 is 0 Å². The smallest absolute Gasteiger partial charge is 0.128 e. The lowest BCUT2D eigenvalue weighted by Crippen LogP contribution is -2.10. The van der Waals surface area contributed by atoms with Gasteiger partial charge in [-0.2, -0.15) is 0 Å². The van der Waals surface area contributed by atoms with E-state index in [1.165, 1.54) is 16.5 Å². The molecule has 4 N–H and O–H groups in total. The molecule has 0 aliphatic rings. The predicted octanol–water partition coefficient (Wildman–Crippen LogP) is 6.30. The molecule has 4 nitrogen and oxygen atoms in total. The predicted molar refractivity (Wildman–Crippen MR) is 127 cm³/mol. The fourth-order valence-corrected chi connectivity index (χ4v) is 4.16. The number of aromatic amines is 1. The van der Waals surface area contributed by atoms with Gasteiger partial charge in [-0.1, -0.05) is 42.5 Å². The van der Waals surface area contributed by atoms with E-state index in [9.17, 15) is 0 Å². The fraction of sp³-hybridized carbons (Fsp3) is 0.0741. The van der Waals surface area contributed by atoms with E-state index in [-0.39, 0.29) is 5.84 Å². The van der Waals surface area contributed by atoms with Crippen molar-refractivity contribution in [3.8, 4) is 11.5 Å². The number of fused-ring (bicyclic) bond motifs is 2. The standard InChI is InChI=1S/C27H23N3O/c1-17-24(25-15-19(27(28)29)11-12-26(25)30-17)16-20-14-22(31-21-8-3-2-4-9-21)13-18-7-5-6-10-23(18)20/h2-15,30H,16H2,1H3,(H3,28,29). The summed E-state index contributed by atoms with van der Waals surface area (Å²) in [5.41, 5.74) is 11.1. The molecule has 0 amide bonds. The Morgan fingerprint density at radius 2 is 1.65 bits per heavy atom. The molecule has 0 spiro atoms.